The molecular formula is C30H14O2. The van der Waals surface area contributed by atoms with E-state index in [9.17, 15) is 9.59 Å². The Hall–Kier alpha value is -4.30. The van der Waals surface area contributed by atoms with Crippen molar-refractivity contribution in [3.05, 3.63) is 105 Å². The molecule has 2 heteroatoms. The molecule has 0 saturated heterocycles. The predicted molar refractivity (Wildman–Crippen MR) is 135 cm³/mol. The number of fused-ring (bicyclic) bond motifs is 5. The van der Waals surface area contributed by atoms with Crippen LogP contribution in [-0.2, 0) is 0 Å². The number of hydrogen-bond acceptors (Lipinski definition) is 2. The maximum atomic E-state index is 13.8. The molecule has 0 aliphatic carbocycles. The summed E-state index contributed by atoms with van der Waals surface area (Å²) >= 11 is 0. The first-order valence-corrected chi connectivity index (χ1v) is 10.8. The Morgan fingerprint density at radius 2 is 0.750 bits per heavy atom. The third-order valence-corrected chi connectivity index (χ3v) is 7.29. The summed E-state index contributed by atoms with van der Waals surface area (Å²) in [6.45, 7) is 0. The second-order valence-corrected chi connectivity index (χ2v) is 8.74. The lowest BCUT2D eigenvalue weighted by atomic mass is 9.82. The number of rotatable bonds is 0. The average Bonchev–Trinajstić information content (AvgIpc) is 2.85. The van der Waals surface area contributed by atoms with Gasteiger partial charge in [-0.25, -0.2) is 0 Å². The lowest BCUT2D eigenvalue weighted by Crippen LogP contribution is -2.14. The summed E-state index contributed by atoms with van der Waals surface area (Å²) in [6, 6.07) is 28.2. The highest BCUT2D eigenvalue weighted by atomic mass is 16.1. The number of hydrogen-bond donors (Lipinski definition) is 0. The van der Waals surface area contributed by atoms with Gasteiger partial charge in [0.25, 0.3) is 0 Å². The van der Waals surface area contributed by atoms with Gasteiger partial charge in [-0.2, -0.15) is 0 Å². The molecule has 0 radical (unpaired) electrons. The molecule has 0 spiro atoms. The van der Waals surface area contributed by atoms with Gasteiger partial charge in [-0.1, -0.05) is 84.9 Å². The van der Waals surface area contributed by atoms with Crippen LogP contribution in [0.2, 0.25) is 0 Å². The van der Waals surface area contributed by atoms with Crippen molar-refractivity contribution in [3.63, 3.8) is 0 Å². The largest absolute Gasteiger partial charge is 0.289 e. The Kier molecular flexibility index (Phi) is 2.71. The SMILES string of the molecule is O=c1c2ccccc2c(=O)c2c3ccc4cccc5c6cccc7ccc(c12)c(c76)c3c45. The van der Waals surface area contributed by atoms with E-state index in [-0.39, 0.29) is 10.9 Å². The van der Waals surface area contributed by atoms with Crippen LogP contribution in [0.3, 0.4) is 0 Å². The highest BCUT2D eigenvalue weighted by Crippen LogP contribution is 2.46. The molecule has 8 aromatic rings. The highest BCUT2D eigenvalue weighted by molar-refractivity contribution is 6.44. The summed E-state index contributed by atoms with van der Waals surface area (Å²) < 4.78 is 0. The second kappa shape index (κ2) is 5.30. The zero-order chi connectivity index (χ0) is 21.1. The molecule has 8 aromatic carbocycles. The maximum Gasteiger partial charge on any atom is 0.195 e. The summed E-state index contributed by atoms with van der Waals surface area (Å²) in [7, 11) is 0. The van der Waals surface area contributed by atoms with Crippen LogP contribution in [-0.4, -0.2) is 0 Å². The Bertz CT molecular complexity index is 2020. The molecule has 0 aliphatic heterocycles. The average molecular weight is 406 g/mol. The van der Waals surface area contributed by atoms with E-state index in [0.717, 1.165) is 32.3 Å². The molecule has 2 nitrogen and oxygen atoms in total. The van der Waals surface area contributed by atoms with Crippen LogP contribution in [0.5, 0.6) is 0 Å². The minimum atomic E-state index is -0.0621. The van der Waals surface area contributed by atoms with Gasteiger partial charge in [0, 0.05) is 21.5 Å². The molecular weight excluding hydrogens is 392 g/mol. The van der Waals surface area contributed by atoms with Crippen LogP contribution in [0.25, 0.3) is 75.4 Å². The van der Waals surface area contributed by atoms with Crippen LogP contribution < -0.4 is 10.9 Å². The molecule has 0 bridgehead atoms. The van der Waals surface area contributed by atoms with Crippen LogP contribution in [0.1, 0.15) is 0 Å². The van der Waals surface area contributed by atoms with E-state index in [0.29, 0.717) is 21.5 Å². The Morgan fingerprint density at radius 1 is 0.312 bits per heavy atom. The summed E-state index contributed by atoms with van der Waals surface area (Å²) in [5.74, 6) is 0. The molecule has 0 N–H and O–H groups in total. The second-order valence-electron chi connectivity index (χ2n) is 8.74. The standard InChI is InChI=1S/C30H14O2/c31-29-19-7-1-2-8-20(19)30(32)28-22-14-12-16-6-4-10-18-17-9-3-5-15-11-13-21(27(28)29)25(23(15)17)26(22)24(16)18/h1-14H. The van der Waals surface area contributed by atoms with Crippen LogP contribution in [0.4, 0.5) is 0 Å². The molecule has 0 amide bonds. The van der Waals surface area contributed by atoms with Crippen LogP contribution in [0.15, 0.2) is 94.5 Å². The van der Waals surface area contributed by atoms with Crippen molar-refractivity contribution in [1.29, 1.82) is 0 Å². The number of benzene rings is 8. The Morgan fingerprint density at radius 3 is 1.22 bits per heavy atom. The fraction of sp³-hybridized carbons (Fsp3) is 0. The van der Waals surface area contributed by atoms with E-state index < -0.39 is 0 Å². The molecule has 0 saturated carbocycles. The van der Waals surface area contributed by atoms with E-state index >= 15 is 0 Å². The van der Waals surface area contributed by atoms with E-state index in [1.807, 2.05) is 24.3 Å². The molecule has 8 rings (SSSR count). The first-order valence-electron chi connectivity index (χ1n) is 10.8. The quantitative estimate of drug-likeness (QED) is 0.205. The van der Waals surface area contributed by atoms with Gasteiger partial charge in [-0.3, -0.25) is 9.59 Å². The lowest BCUT2D eigenvalue weighted by molar-refractivity contribution is 1.69. The van der Waals surface area contributed by atoms with E-state index in [2.05, 4.69) is 48.5 Å². The molecule has 0 atom stereocenters. The van der Waals surface area contributed by atoms with Crippen molar-refractivity contribution in [2.24, 2.45) is 0 Å². The third-order valence-electron chi connectivity index (χ3n) is 7.29. The van der Waals surface area contributed by atoms with Gasteiger partial charge < -0.3 is 0 Å². The van der Waals surface area contributed by atoms with Gasteiger partial charge in [-0.15, -0.1) is 0 Å². The zero-order valence-corrected chi connectivity index (χ0v) is 16.9. The monoisotopic (exact) mass is 406 g/mol. The first kappa shape index (κ1) is 16.4. The van der Waals surface area contributed by atoms with Gasteiger partial charge in [0.1, 0.15) is 0 Å². The lowest BCUT2D eigenvalue weighted by Gasteiger charge is -2.19. The van der Waals surface area contributed by atoms with Crippen molar-refractivity contribution < 1.29 is 0 Å². The van der Waals surface area contributed by atoms with Crippen molar-refractivity contribution in [2.45, 2.75) is 0 Å². The minimum absolute atomic E-state index is 0.0621. The molecule has 146 valence electrons. The Labute approximate surface area is 180 Å². The van der Waals surface area contributed by atoms with Gasteiger partial charge in [0.15, 0.2) is 10.9 Å². The minimum Gasteiger partial charge on any atom is -0.289 e. The molecule has 0 heterocycles. The van der Waals surface area contributed by atoms with Crippen LogP contribution >= 0.6 is 0 Å². The smallest absolute Gasteiger partial charge is 0.195 e. The molecule has 0 fully saturated rings. The topological polar surface area (TPSA) is 34.1 Å². The highest BCUT2D eigenvalue weighted by Gasteiger charge is 2.22. The van der Waals surface area contributed by atoms with Crippen molar-refractivity contribution in [2.75, 3.05) is 0 Å². The molecule has 0 aromatic heterocycles. The molecule has 32 heavy (non-hydrogen) atoms. The third kappa shape index (κ3) is 1.68. The summed E-state index contributed by atoms with van der Waals surface area (Å²) in [5.41, 5.74) is -0.124. The first-order chi connectivity index (χ1) is 15.7. The summed E-state index contributed by atoms with van der Waals surface area (Å²) in [6.07, 6.45) is 0. The van der Waals surface area contributed by atoms with Gasteiger partial charge in [0.2, 0.25) is 0 Å². The zero-order valence-electron chi connectivity index (χ0n) is 16.9. The van der Waals surface area contributed by atoms with Crippen molar-refractivity contribution >= 4 is 75.4 Å². The summed E-state index contributed by atoms with van der Waals surface area (Å²) in [4.78, 5) is 27.5. The van der Waals surface area contributed by atoms with Gasteiger partial charge in [0.05, 0.1) is 0 Å². The Balaban J connectivity index is 1.91. The normalized spacial score (nSPS) is 12.6. The molecule has 0 aliphatic rings. The predicted octanol–water partition coefficient (Wildman–Crippen LogP) is 6.79. The van der Waals surface area contributed by atoms with E-state index in [4.69, 9.17) is 0 Å². The van der Waals surface area contributed by atoms with Crippen molar-refractivity contribution in [1.82, 2.24) is 0 Å². The fourth-order valence-electron chi connectivity index (χ4n) is 6.03. The molecule has 0 unspecified atom stereocenters. The van der Waals surface area contributed by atoms with Gasteiger partial charge >= 0.3 is 0 Å². The van der Waals surface area contributed by atoms with E-state index in [1.165, 1.54) is 21.5 Å². The maximum absolute atomic E-state index is 13.8. The van der Waals surface area contributed by atoms with Gasteiger partial charge in [-0.05, 0) is 53.9 Å². The van der Waals surface area contributed by atoms with Crippen LogP contribution in [0, 0.1) is 0 Å². The van der Waals surface area contributed by atoms with E-state index in [1.54, 1.807) is 12.1 Å². The fourth-order valence-corrected chi connectivity index (χ4v) is 6.03. The van der Waals surface area contributed by atoms with Crippen molar-refractivity contribution in [3.8, 4) is 0 Å². The summed E-state index contributed by atoms with van der Waals surface area (Å²) in [5, 5.41) is 13.1.